The summed E-state index contributed by atoms with van der Waals surface area (Å²) in [5.74, 6) is -0.439. The molecule has 0 bridgehead atoms. The second kappa shape index (κ2) is 4.63. The summed E-state index contributed by atoms with van der Waals surface area (Å²) in [6.45, 7) is 4.38. The fraction of sp³-hybridized carbons (Fsp3) is 0.333. The average Bonchev–Trinajstić information content (AvgIpc) is 2.71. The Balaban J connectivity index is 1.97. The molecule has 1 aromatic carbocycles. The molecule has 0 radical (unpaired) electrons. The molecule has 0 spiro atoms. The van der Waals surface area contributed by atoms with Crippen molar-refractivity contribution in [1.82, 2.24) is 4.90 Å². The number of ether oxygens (including phenoxy) is 1. The van der Waals surface area contributed by atoms with Crippen molar-refractivity contribution in [2.75, 3.05) is 6.61 Å². The lowest BCUT2D eigenvalue weighted by Gasteiger charge is -2.35. The third-order valence-electron chi connectivity index (χ3n) is 3.72. The predicted octanol–water partition coefficient (Wildman–Crippen LogP) is 2.02. The lowest BCUT2D eigenvalue weighted by Crippen LogP contribution is -2.49. The van der Waals surface area contributed by atoms with Crippen molar-refractivity contribution in [1.29, 1.82) is 0 Å². The largest absolute Gasteiger partial charge is 0.372 e. The molecule has 2 atom stereocenters. The molecule has 3 rings (SSSR count). The smallest absolute Gasteiger partial charge is 0.261 e. The first-order valence-corrected chi connectivity index (χ1v) is 6.45. The van der Waals surface area contributed by atoms with Gasteiger partial charge in [-0.25, -0.2) is 0 Å². The Bertz CT molecular complexity index is 517. The summed E-state index contributed by atoms with van der Waals surface area (Å²) >= 11 is 0. The lowest BCUT2D eigenvalue weighted by molar-refractivity contribution is -0.0131. The minimum Gasteiger partial charge on any atom is -0.372 e. The van der Waals surface area contributed by atoms with E-state index in [4.69, 9.17) is 4.74 Å². The molecular weight excluding hydrogens is 242 g/mol. The molecule has 98 valence electrons. The zero-order chi connectivity index (χ0) is 13.4. The Morgan fingerprint density at radius 1 is 1.21 bits per heavy atom. The van der Waals surface area contributed by atoms with Crippen LogP contribution < -0.4 is 0 Å². The Morgan fingerprint density at radius 2 is 1.84 bits per heavy atom. The number of hydrogen-bond donors (Lipinski definition) is 0. The molecule has 0 aliphatic carbocycles. The second-order valence-electron chi connectivity index (χ2n) is 4.81. The van der Waals surface area contributed by atoms with E-state index < -0.39 is 0 Å². The van der Waals surface area contributed by atoms with Gasteiger partial charge < -0.3 is 4.74 Å². The van der Waals surface area contributed by atoms with Gasteiger partial charge in [-0.3, -0.25) is 14.5 Å². The van der Waals surface area contributed by atoms with Crippen molar-refractivity contribution in [3.63, 3.8) is 0 Å². The Morgan fingerprint density at radius 3 is 2.42 bits per heavy atom. The van der Waals surface area contributed by atoms with Gasteiger partial charge in [0.2, 0.25) is 0 Å². The topological polar surface area (TPSA) is 46.6 Å². The van der Waals surface area contributed by atoms with Gasteiger partial charge in [0.15, 0.2) is 0 Å². The van der Waals surface area contributed by atoms with Crippen LogP contribution in [-0.2, 0) is 4.74 Å². The van der Waals surface area contributed by atoms with Crippen molar-refractivity contribution in [2.45, 2.75) is 25.0 Å². The molecule has 0 unspecified atom stereocenters. The van der Waals surface area contributed by atoms with E-state index in [9.17, 15) is 9.59 Å². The number of carbonyl (C=O) groups excluding carboxylic acids is 2. The number of hydrogen-bond acceptors (Lipinski definition) is 3. The maximum absolute atomic E-state index is 12.4. The first kappa shape index (κ1) is 12.1. The molecule has 2 aliphatic rings. The van der Waals surface area contributed by atoms with Crippen LogP contribution in [0.3, 0.4) is 0 Å². The van der Waals surface area contributed by atoms with E-state index >= 15 is 0 Å². The molecule has 2 amide bonds. The van der Waals surface area contributed by atoms with Gasteiger partial charge in [-0.1, -0.05) is 18.2 Å². The molecule has 1 saturated heterocycles. The van der Waals surface area contributed by atoms with Crippen LogP contribution in [0.15, 0.2) is 36.9 Å². The number of fused-ring (bicyclic) bond motifs is 1. The molecule has 2 aliphatic heterocycles. The fourth-order valence-corrected chi connectivity index (χ4v) is 2.80. The molecule has 0 aromatic heterocycles. The number of carbonyl (C=O) groups is 2. The first-order valence-electron chi connectivity index (χ1n) is 6.45. The standard InChI is InChI=1S/C15H15NO3/c1-2-13-12(8-5-9-19-13)16-14(17)10-6-3-4-7-11(10)15(16)18/h2-4,6-7,12-13H,1,5,8-9H2/t12-,13+/m1/s1. The summed E-state index contributed by atoms with van der Waals surface area (Å²) in [4.78, 5) is 26.1. The van der Waals surface area contributed by atoms with E-state index in [-0.39, 0.29) is 24.0 Å². The summed E-state index contributed by atoms with van der Waals surface area (Å²) in [5, 5.41) is 0. The van der Waals surface area contributed by atoms with E-state index in [2.05, 4.69) is 6.58 Å². The van der Waals surface area contributed by atoms with Gasteiger partial charge in [0, 0.05) is 6.61 Å². The molecule has 0 N–H and O–H groups in total. The van der Waals surface area contributed by atoms with E-state index in [1.807, 2.05) is 0 Å². The predicted molar refractivity (Wildman–Crippen MR) is 69.9 cm³/mol. The van der Waals surface area contributed by atoms with Gasteiger partial charge in [-0.15, -0.1) is 6.58 Å². The van der Waals surface area contributed by atoms with Crippen molar-refractivity contribution < 1.29 is 14.3 Å². The summed E-state index contributed by atoms with van der Waals surface area (Å²) in [7, 11) is 0. The maximum Gasteiger partial charge on any atom is 0.261 e. The molecule has 1 aromatic rings. The van der Waals surface area contributed by atoms with Gasteiger partial charge in [-0.2, -0.15) is 0 Å². The van der Waals surface area contributed by atoms with Gasteiger partial charge in [0.1, 0.15) is 0 Å². The van der Waals surface area contributed by atoms with Crippen LogP contribution in [0.4, 0.5) is 0 Å². The molecule has 19 heavy (non-hydrogen) atoms. The number of amides is 2. The van der Waals surface area contributed by atoms with E-state index in [1.54, 1.807) is 30.3 Å². The van der Waals surface area contributed by atoms with Crippen LogP contribution in [-0.4, -0.2) is 35.5 Å². The maximum atomic E-state index is 12.4. The highest BCUT2D eigenvalue weighted by molar-refractivity contribution is 6.21. The number of nitrogens with zero attached hydrogens (tertiary/aromatic N) is 1. The summed E-state index contributed by atoms with van der Waals surface area (Å²) in [5.41, 5.74) is 0.974. The summed E-state index contributed by atoms with van der Waals surface area (Å²) in [6.07, 6.45) is 3.02. The monoisotopic (exact) mass is 257 g/mol. The number of rotatable bonds is 2. The normalized spacial score (nSPS) is 26.4. The number of benzene rings is 1. The quantitative estimate of drug-likeness (QED) is 0.601. The molecule has 0 saturated carbocycles. The average molecular weight is 257 g/mol. The highest BCUT2D eigenvalue weighted by Crippen LogP contribution is 2.30. The molecule has 2 heterocycles. The molecule has 4 heteroatoms. The van der Waals surface area contributed by atoms with Crippen molar-refractivity contribution in [3.05, 3.63) is 48.0 Å². The van der Waals surface area contributed by atoms with Gasteiger partial charge >= 0.3 is 0 Å². The second-order valence-corrected chi connectivity index (χ2v) is 4.81. The molecule has 1 fully saturated rings. The highest BCUT2D eigenvalue weighted by Gasteiger charge is 2.43. The number of imide groups is 1. The summed E-state index contributed by atoms with van der Waals surface area (Å²) < 4.78 is 5.58. The van der Waals surface area contributed by atoms with Gasteiger partial charge in [-0.05, 0) is 25.0 Å². The minimum absolute atomic E-state index is 0.219. The zero-order valence-electron chi connectivity index (χ0n) is 10.5. The molecule has 4 nitrogen and oxygen atoms in total. The molecular formula is C15H15NO3. The third kappa shape index (κ3) is 1.79. The zero-order valence-corrected chi connectivity index (χ0v) is 10.5. The highest BCUT2D eigenvalue weighted by atomic mass is 16.5. The van der Waals surface area contributed by atoms with Gasteiger partial charge in [0.05, 0.1) is 23.3 Å². The summed E-state index contributed by atoms with van der Waals surface area (Å²) in [6, 6.07) is 6.70. The van der Waals surface area contributed by atoms with Crippen molar-refractivity contribution in [3.8, 4) is 0 Å². The van der Waals surface area contributed by atoms with Crippen LogP contribution in [0.2, 0.25) is 0 Å². The Labute approximate surface area is 111 Å². The van der Waals surface area contributed by atoms with Crippen LogP contribution >= 0.6 is 0 Å². The van der Waals surface area contributed by atoms with E-state index in [1.165, 1.54) is 4.90 Å². The van der Waals surface area contributed by atoms with Crippen LogP contribution in [0, 0.1) is 0 Å². The van der Waals surface area contributed by atoms with Crippen LogP contribution in [0.5, 0.6) is 0 Å². The Hall–Kier alpha value is -1.94. The van der Waals surface area contributed by atoms with Crippen LogP contribution in [0.25, 0.3) is 0 Å². The van der Waals surface area contributed by atoms with Crippen LogP contribution in [0.1, 0.15) is 33.6 Å². The van der Waals surface area contributed by atoms with E-state index in [0.29, 0.717) is 17.7 Å². The Kier molecular flexibility index (Phi) is 2.95. The SMILES string of the molecule is C=C[C@@H]1OCCC[C@H]1N1C(=O)c2ccccc2C1=O. The fourth-order valence-electron chi connectivity index (χ4n) is 2.80. The van der Waals surface area contributed by atoms with E-state index in [0.717, 1.165) is 12.8 Å². The van der Waals surface area contributed by atoms with Crippen molar-refractivity contribution >= 4 is 11.8 Å². The first-order chi connectivity index (χ1) is 9.24. The lowest BCUT2D eigenvalue weighted by atomic mass is 10.0. The third-order valence-corrected chi connectivity index (χ3v) is 3.72. The minimum atomic E-state index is -0.268. The van der Waals surface area contributed by atoms with Crippen molar-refractivity contribution in [2.24, 2.45) is 0 Å². The van der Waals surface area contributed by atoms with Gasteiger partial charge in [0.25, 0.3) is 11.8 Å².